The van der Waals surface area contributed by atoms with Gasteiger partial charge in [0, 0.05) is 0 Å². The Bertz CT molecular complexity index is 668. The average molecular weight is 325 g/mol. The summed E-state index contributed by atoms with van der Waals surface area (Å²) in [5.41, 5.74) is -1.02. The monoisotopic (exact) mass is 325 g/mol. The second kappa shape index (κ2) is 5.64. The van der Waals surface area contributed by atoms with Crippen LogP contribution in [0.4, 0.5) is 13.2 Å². The summed E-state index contributed by atoms with van der Waals surface area (Å²) in [5, 5.41) is 9.03. The molecule has 0 fully saturated rings. The molecule has 0 amide bonds. The van der Waals surface area contributed by atoms with Crippen molar-refractivity contribution in [3.63, 3.8) is 0 Å². The van der Waals surface area contributed by atoms with E-state index in [9.17, 15) is 26.4 Å². The summed E-state index contributed by atoms with van der Waals surface area (Å²) in [6.07, 6.45) is 0. The minimum atomic E-state index is -4.67. The van der Waals surface area contributed by atoms with Crippen LogP contribution in [-0.4, -0.2) is 25.5 Å². The summed E-state index contributed by atoms with van der Waals surface area (Å²) in [6.45, 7) is 4.36. The number of aliphatic carboxylic acids is 1. The first-order chi connectivity index (χ1) is 9.38. The number of halogens is 3. The van der Waals surface area contributed by atoms with Crippen LogP contribution in [-0.2, 0) is 14.8 Å². The number of hydrogen-bond acceptors (Lipinski definition) is 3. The third kappa shape index (κ3) is 3.73. The van der Waals surface area contributed by atoms with E-state index in [-0.39, 0.29) is 0 Å². The zero-order valence-electron chi connectivity index (χ0n) is 11.4. The minimum Gasteiger partial charge on any atom is -0.480 e. The van der Waals surface area contributed by atoms with Crippen LogP contribution in [0.5, 0.6) is 0 Å². The maximum Gasteiger partial charge on any atom is 0.322 e. The zero-order chi connectivity index (χ0) is 16.6. The van der Waals surface area contributed by atoms with Gasteiger partial charge in [-0.05, 0) is 17.5 Å². The topological polar surface area (TPSA) is 83.5 Å². The lowest BCUT2D eigenvalue weighted by Gasteiger charge is -2.27. The highest BCUT2D eigenvalue weighted by molar-refractivity contribution is 7.89. The van der Waals surface area contributed by atoms with Crippen LogP contribution < -0.4 is 4.72 Å². The van der Waals surface area contributed by atoms with Gasteiger partial charge in [0.2, 0.25) is 10.0 Å². The quantitative estimate of drug-likeness (QED) is 0.828. The SMILES string of the molecule is CC(C)(C)[C@H](NS(=O)(=O)c1ccc(F)c(F)c1F)C(=O)O. The standard InChI is InChI=1S/C12H14F3NO4S/c1-12(2,3)10(11(17)18)16-21(19,20)7-5-4-6(13)8(14)9(7)15/h4-5,10,16H,1-3H3,(H,17,18)/t10-/m1/s1. The molecular weight excluding hydrogens is 311 g/mol. The van der Waals surface area contributed by atoms with E-state index in [1.807, 2.05) is 0 Å². The molecular formula is C12H14F3NO4S. The van der Waals surface area contributed by atoms with Gasteiger partial charge in [0.25, 0.3) is 0 Å². The smallest absolute Gasteiger partial charge is 0.322 e. The van der Waals surface area contributed by atoms with Gasteiger partial charge in [0.1, 0.15) is 10.9 Å². The van der Waals surface area contributed by atoms with Crippen LogP contribution in [0.15, 0.2) is 17.0 Å². The summed E-state index contributed by atoms with van der Waals surface area (Å²) < 4.78 is 65.2. The molecule has 9 heteroatoms. The van der Waals surface area contributed by atoms with E-state index in [2.05, 4.69) is 0 Å². The Balaban J connectivity index is 3.30. The Morgan fingerprint density at radius 2 is 1.71 bits per heavy atom. The first kappa shape index (κ1) is 17.4. The van der Waals surface area contributed by atoms with Gasteiger partial charge in [-0.3, -0.25) is 4.79 Å². The first-order valence-electron chi connectivity index (χ1n) is 5.76. The summed E-state index contributed by atoms with van der Waals surface area (Å²) in [6, 6.07) is -0.604. The fraction of sp³-hybridized carbons (Fsp3) is 0.417. The van der Waals surface area contributed by atoms with Crippen molar-refractivity contribution < 1.29 is 31.5 Å². The van der Waals surface area contributed by atoms with Crippen molar-refractivity contribution in [3.8, 4) is 0 Å². The van der Waals surface area contributed by atoms with E-state index in [1.165, 1.54) is 20.8 Å². The molecule has 0 aliphatic carbocycles. The summed E-state index contributed by atoms with van der Waals surface area (Å²) >= 11 is 0. The Hall–Kier alpha value is -1.61. The van der Waals surface area contributed by atoms with Crippen molar-refractivity contribution >= 4 is 16.0 Å². The van der Waals surface area contributed by atoms with Crippen LogP contribution in [0.1, 0.15) is 20.8 Å². The van der Waals surface area contributed by atoms with Gasteiger partial charge in [-0.2, -0.15) is 4.72 Å². The number of hydrogen-bond donors (Lipinski definition) is 2. The van der Waals surface area contributed by atoms with Crippen LogP contribution in [0.3, 0.4) is 0 Å². The van der Waals surface area contributed by atoms with Crippen LogP contribution >= 0.6 is 0 Å². The van der Waals surface area contributed by atoms with E-state index >= 15 is 0 Å². The highest BCUT2D eigenvalue weighted by Gasteiger charge is 2.36. The molecule has 0 radical (unpaired) electrons. The maximum absolute atomic E-state index is 13.5. The molecule has 0 bridgehead atoms. The first-order valence-corrected chi connectivity index (χ1v) is 7.25. The zero-order valence-corrected chi connectivity index (χ0v) is 12.3. The molecule has 0 heterocycles. The molecule has 0 aliphatic rings. The molecule has 1 atom stereocenters. The molecule has 0 aromatic heterocycles. The summed E-state index contributed by atoms with van der Waals surface area (Å²) in [7, 11) is -4.67. The second-order valence-electron chi connectivity index (χ2n) is 5.43. The van der Waals surface area contributed by atoms with E-state index in [0.717, 1.165) is 0 Å². The van der Waals surface area contributed by atoms with E-state index < -0.39 is 49.8 Å². The van der Waals surface area contributed by atoms with Crippen molar-refractivity contribution in [2.75, 3.05) is 0 Å². The molecule has 0 aliphatic heterocycles. The lowest BCUT2D eigenvalue weighted by Crippen LogP contribution is -2.49. The van der Waals surface area contributed by atoms with Gasteiger partial charge in [-0.15, -0.1) is 0 Å². The fourth-order valence-corrected chi connectivity index (χ4v) is 3.00. The Morgan fingerprint density at radius 1 is 1.19 bits per heavy atom. The molecule has 2 N–H and O–H groups in total. The number of benzene rings is 1. The normalized spacial score (nSPS) is 14.0. The fourth-order valence-electron chi connectivity index (χ4n) is 1.53. The molecule has 0 saturated carbocycles. The molecule has 118 valence electrons. The number of rotatable bonds is 4. The molecule has 0 saturated heterocycles. The Morgan fingerprint density at radius 3 is 2.14 bits per heavy atom. The van der Waals surface area contributed by atoms with Gasteiger partial charge < -0.3 is 5.11 Å². The summed E-state index contributed by atoms with van der Waals surface area (Å²) in [5.74, 6) is -6.87. The number of carboxylic acid groups (broad SMARTS) is 1. The van der Waals surface area contributed by atoms with Crippen LogP contribution in [0.2, 0.25) is 0 Å². The molecule has 1 rings (SSSR count). The van der Waals surface area contributed by atoms with Crippen molar-refractivity contribution in [2.24, 2.45) is 5.41 Å². The molecule has 1 aromatic rings. The lowest BCUT2D eigenvalue weighted by molar-refractivity contribution is -0.141. The highest BCUT2D eigenvalue weighted by atomic mass is 32.2. The molecule has 0 unspecified atom stereocenters. The van der Waals surface area contributed by atoms with Gasteiger partial charge in [0.15, 0.2) is 17.5 Å². The third-order valence-corrected chi connectivity index (χ3v) is 4.12. The molecule has 0 spiro atoms. The number of carboxylic acids is 1. The van der Waals surface area contributed by atoms with Gasteiger partial charge in [-0.25, -0.2) is 21.6 Å². The van der Waals surface area contributed by atoms with E-state index in [0.29, 0.717) is 12.1 Å². The van der Waals surface area contributed by atoms with Crippen molar-refractivity contribution in [1.29, 1.82) is 0 Å². The number of carbonyl (C=O) groups is 1. The van der Waals surface area contributed by atoms with Crippen molar-refractivity contribution in [2.45, 2.75) is 31.7 Å². The van der Waals surface area contributed by atoms with Gasteiger partial charge in [-0.1, -0.05) is 20.8 Å². The Labute approximate surface area is 119 Å². The maximum atomic E-state index is 13.5. The lowest BCUT2D eigenvalue weighted by atomic mass is 9.88. The molecule has 1 aromatic carbocycles. The van der Waals surface area contributed by atoms with Crippen molar-refractivity contribution in [1.82, 2.24) is 4.72 Å². The molecule has 21 heavy (non-hydrogen) atoms. The van der Waals surface area contributed by atoms with Gasteiger partial charge >= 0.3 is 5.97 Å². The minimum absolute atomic E-state index is 0.444. The average Bonchev–Trinajstić information content (AvgIpc) is 2.31. The summed E-state index contributed by atoms with van der Waals surface area (Å²) in [4.78, 5) is 9.95. The predicted molar refractivity (Wildman–Crippen MR) is 67.5 cm³/mol. The predicted octanol–water partition coefficient (Wildman–Crippen LogP) is 1.88. The van der Waals surface area contributed by atoms with E-state index in [1.54, 1.807) is 4.72 Å². The number of nitrogens with one attached hydrogen (secondary N) is 1. The van der Waals surface area contributed by atoms with Crippen molar-refractivity contribution in [3.05, 3.63) is 29.6 Å². The number of sulfonamides is 1. The third-order valence-electron chi connectivity index (χ3n) is 2.68. The van der Waals surface area contributed by atoms with Crippen LogP contribution in [0.25, 0.3) is 0 Å². The Kier molecular flexibility index (Phi) is 4.69. The largest absolute Gasteiger partial charge is 0.480 e. The molecule has 5 nitrogen and oxygen atoms in total. The second-order valence-corrected chi connectivity index (χ2v) is 7.11. The van der Waals surface area contributed by atoms with E-state index in [4.69, 9.17) is 5.11 Å². The van der Waals surface area contributed by atoms with Crippen LogP contribution in [0, 0.1) is 22.9 Å². The highest BCUT2D eigenvalue weighted by Crippen LogP contribution is 2.24. The van der Waals surface area contributed by atoms with Gasteiger partial charge in [0.05, 0.1) is 0 Å².